The van der Waals surface area contributed by atoms with Crippen molar-refractivity contribution in [3.05, 3.63) is 94.6 Å². The van der Waals surface area contributed by atoms with E-state index in [-0.39, 0.29) is 11.1 Å². The van der Waals surface area contributed by atoms with E-state index in [1.807, 2.05) is 43.3 Å². The summed E-state index contributed by atoms with van der Waals surface area (Å²) in [7, 11) is 0. The molecule has 0 amide bonds. The molecule has 0 bridgehead atoms. The van der Waals surface area contributed by atoms with E-state index in [9.17, 15) is 13.6 Å². The van der Waals surface area contributed by atoms with Crippen molar-refractivity contribution in [1.29, 1.82) is 0 Å². The third-order valence-corrected chi connectivity index (χ3v) is 4.08. The van der Waals surface area contributed by atoms with Gasteiger partial charge in [-0.15, -0.1) is 0 Å². The number of hydrogen-bond acceptors (Lipinski definition) is 1. The third kappa shape index (κ3) is 3.11. The fourth-order valence-electron chi connectivity index (χ4n) is 2.50. The van der Waals surface area contributed by atoms with Crippen molar-refractivity contribution in [3.63, 3.8) is 0 Å². The minimum atomic E-state index is -0.713. The maximum Gasteiger partial charge on any atom is 0.193 e. The summed E-state index contributed by atoms with van der Waals surface area (Å²) < 4.78 is 27.3. The monoisotopic (exact) mass is 322 g/mol. The van der Waals surface area contributed by atoms with Crippen molar-refractivity contribution in [1.82, 2.24) is 0 Å². The lowest BCUT2D eigenvalue weighted by Crippen LogP contribution is -2.04. The molecule has 1 nitrogen and oxygen atoms in total. The highest BCUT2D eigenvalue weighted by atomic mass is 19.1. The maximum atomic E-state index is 13.6. The Hall–Kier alpha value is -2.81. The molecule has 0 fully saturated rings. The Morgan fingerprint density at radius 3 is 1.67 bits per heavy atom. The van der Waals surface area contributed by atoms with Crippen molar-refractivity contribution in [2.75, 3.05) is 0 Å². The number of benzene rings is 3. The molecule has 0 aliphatic heterocycles. The summed E-state index contributed by atoms with van der Waals surface area (Å²) >= 11 is 0. The van der Waals surface area contributed by atoms with Crippen LogP contribution >= 0.6 is 0 Å². The summed E-state index contributed by atoms with van der Waals surface area (Å²) in [5.74, 6) is -1.83. The second kappa shape index (κ2) is 6.36. The van der Waals surface area contributed by atoms with E-state index in [1.165, 1.54) is 12.5 Å². The lowest BCUT2D eigenvalue weighted by molar-refractivity contribution is 0.103. The van der Waals surface area contributed by atoms with Gasteiger partial charge in [0, 0.05) is 16.7 Å². The fourth-order valence-corrected chi connectivity index (χ4v) is 2.50. The summed E-state index contributed by atoms with van der Waals surface area (Å²) in [5, 5.41) is 0. The molecule has 0 radical (unpaired) electrons. The normalized spacial score (nSPS) is 10.7. The number of carbonyl (C=O) groups is 1. The average molecular weight is 322 g/mol. The molecule has 0 heterocycles. The van der Waals surface area contributed by atoms with E-state index in [4.69, 9.17) is 0 Å². The Morgan fingerprint density at radius 2 is 1.17 bits per heavy atom. The predicted octanol–water partition coefficient (Wildman–Crippen LogP) is 5.48. The van der Waals surface area contributed by atoms with Gasteiger partial charge in [-0.25, -0.2) is 8.78 Å². The summed E-state index contributed by atoms with van der Waals surface area (Å²) in [5.41, 5.74) is 3.53. The molecule has 3 aromatic rings. The highest BCUT2D eigenvalue weighted by molar-refractivity contribution is 6.09. The average Bonchev–Trinajstić information content (AvgIpc) is 2.59. The van der Waals surface area contributed by atoms with Gasteiger partial charge in [-0.3, -0.25) is 4.79 Å². The van der Waals surface area contributed by atoms with E-state index in [2.05, 4.69) is 0 Å². The Bertz CT molecular complexity index is 871. The lowest BCUT2D eigenvalue weighted by atomic mass is 9.98. The largest absolute Gasteiger partial charge is 0.289 e. The minimum Gasteiger partial charge on any atom is -0.289 e. The molecular formula is C21H16F2O. The zero-order chi connectivity index (χ0) is 17.3. The molecule has 0 unspecified atom stereocenters. The summed E-state index contributed by atoms with van der Waals surface area (Å²) in [6, 6.07) is 17.2. The molecule has 3 heteroatoms. The summed E-state index contributed by atoms with van der Waals surface area (Å²) in [6.07, 6.45) is 0. The lowest BCUT2D eigenvalue weighted by Gasteiger charge is -2.06. The standard InChI is InChI=1S/C21H16F2O/c1-13-3-5-15(6-4-13)16-7-9-17(10-8-16)21(24)18-11-19(22)14(2)20(23)12-18/h3-12H,1-2H3. The van der Waals surface area contributed by atoms with Gasteiger partial charge in [0.2, 0.25) is 0 Å². The number of rotatable bonds is 3. The van der Waals surface area contributed by atoms with Crippen LogP contribution in [0.4, 0.5) is 8.78 Å². The number of hydrogen-bond donors (Lipinski definition) is 0. The smallest absolute Gasteiger partial charge is 0.193 e. The molecule has 0 saturated heterocycles. The number of aryl methyl sites for hydroxylation is 1. The fraction of sp³-hybridized carbons (Fsp3) is 0.0952. The molecule has 0 N–H and O–H groups in total. The first-order valence-electron chi connectivity index (χ1n) is 7.63. The van der Waals surface area contributed by atoms with E-state index >= 15 is 0 Å². The Kier molecular flexibility index (Phi) is 4.26. The van der Waals surface area contributed by atoms with Crippen LogP contribution in [0.1, 0.15) is 27.0 Å². The van der Waals surface area contributed by atoms with E-state index in [1.54, 1.807) is 12.1 Å². The third-order valence-electron chi connectivity index (χ3n) is 4.08. The van der Waals surface area contributed by atoms with Crippen molar-refractivity contribution < 1.29 is 13.6 Å². The molecule has 120 valence electrons. The molecule has 3 aromatic carbocycles. The quantitative estimate of drug-likeness (QED) is 0.584. The van der Waals surface area contributed by atoms with E-state index < -0.39 is 17.4 Å². The molecule has 0 aliphatic carbocycles. The van der Waals surface area contributed by atoms with Gasteiger partial charge in [0.05, 0.1) is 0 Å². The topological polar surface area (TPSA) is 17.1 Å². The molecule has 0 aliphatic rings. The Morgan fingerprint density at radius 1 is 0.708 bits per heavy atom. The first-order valence-corrected chi connectivity index (χ1v) is 7.63. The predicted molar refractivity (Wildman–Crippen MR) is 91.1 cm³/mol. The van der Waals surface area contributed by atoms with Gasteiger partial charge < -0.3 is 0 Å². The van der Waals surface area contributed by atoms with Crippen LogP contribution < -0.4 is 0 Å². The molecule has 3 rings (SSSR count). The van der Waals surface area contributed by atoms with E-state index in [0.29, 0.717) is 5.56 Å². The van der Waals surface area contributed by atoms with Gasteiger partial charge in [0.1, 0.15) is 11.6 Å². The van der Waals surface area contributed by atoms with Crippen LogP contribution in [-0.2, 0) is 0 Å². The van der Waals surface area contributed by atoms with Crippen molar-refractivity contribution >= 4 is 5.78 Å². The van der Waals surface area contributed by atoms with Gasteiger partial charge >= 0.3 is 0 Å². The first-order chi connectivity index (χ1) is 11.5. The molecule has 24 heavy (non-hydrogen) atoms. The van der Waals surface area contributed by atoms with Crippen LogP contribution in [-0.4, -0.2) is 5.78 Å². The molecule has 0 spiro atoms. The van der Waals surface area contributed by atoms with Gasteiger partial charge in [0.25, 0.3) is 0 Å². The summed E-state index contributed by atoms with van der Waals surface area (Å²) in [6.45, 7) is 3.36. The van der Waals surface area contributed by atoms with Gasteiger partial charge in [-0.1, -0.05) is 54.1 Å². The number of carbonyl (C=O) groups excluding carboxylic acids is 1. The SMILES string of the molecule is Cc1ccc(-c2ccc(C(=O)c3cc(F)c(C)c(F)c3)cc2)cc1. The van der Waals surface area contributed by atoms with Crippen LogP contribution in [0.5, 0.6) is 0 Å². The highest BCUT2D eigenvalue weighted by Gasteiger charge is 2.14. The zero-order valence-corrected chi connectivity index (χ0v) is 13.4. The van der Waals surface area contributed by atoms with Crippen LogP contribution in [0.3, 0.4) is 0 Å². The highest BCUT2D eigenvalue weighted by Crippen LogP contribution is 2.22. The second-order valence-electron chi connectivity index (χ2n) is 5.84. The van der Waals surface area contributed by atoms with Crippen LogP contribution in [0.2, 0.25) is 0 Å². The van der Waals surface area contributed by atoms with Crippen molar-refractivity contribution in [3.8, 4) is 11.1 Å². The van der Waals surface area contributed by atoms with Gasteiger partial charge in [0.15, 0.2) is 5.78 Å². The minimum absolute atomic E-state index is 0.0127. The summed E-state index contributed by atoms with van der Waals surface area (Å²) in [4.78, 5) is 12.4. The molecule has 0 aromatic heterocycles. The van der Waals surface area contributed by atoms with Crippen LogP contribution in [0.25, 0.3) is 11.1 Å². The second-order valence-corrected chi connectivity index (χ2v) is 5.84. The Labute approximate surface area is 139 Å². The zero-order valence-electron chi connectivity index (χ0n) is 13.4. The molecule has 0 atom stereocenters. The Balaban J connectivity index is 1.90. The van der Waals surface area contributed by atoms with Crippen molar-refractivity contribution in [2.24, 2.45) is 0 Å². The van der Waals surface area contributed by atoms with Gasteiger partial charge in [-0.05, 0) is 37.1 Å². The maximum absolute atomic E-state index is 13.6. The number of ketones is 1. The van der Waals surface area contributed by atoms with E-state index in [0.717, 1.165) is 23.3 Å². The number of halogens is 2. The first kappa shape index (κ1) is 16.1. The van der Waals surface area contributed by atoms with Crippen LogP contribution in [0.15, 0.2) is 60.7 Å². The molecule has 0 saturated carbocycles. The van der Waals surface area contributed by atoms with Gasteiger partial charge in [-0.2, -0.15) is 0 Å². The van der Waals surface area contributed by atoms with Crippen molar-refractivity contribution in [2.45, 2.75) is 13.8 Å². The molecular weight excluding hydrogens is 306 g/mol. The van der Waals surface area contributed by atoms with Crippen LogP contribution in [0, 0.1) is 25.5 Å².